The highest BCUT2D eigenvalue weighted by atomic mass is 19.1. The summed E-state index contributed by atoms with van der Waals surface area (Å²) in [6, 6.07) is 5.78. The number of likely N-dealkylation sites (tertiary alicyclic amines) is 1. The molecule has 1 aliphatic heterocycles. The van der Waals surface area contributed by atoms with Crippen molar-refractivity contribution in [3.05, 3.63) is 35.6 Å². The minimum Gasteiger partial charge on any atom is -0.354 e. The van der Waals surface area contributed by atoms with Gasteiger partial charge in [-0.1, -0.05) is 12.1 Å². The van der Waals surface area contributed by atoms with Crippen molar-refractivity contribution in [1.82, 2.24) is 15.5 Å². The standard InChI is InChI=1S/C17H22FN3O3/c1-11(2)21-10-12(9-15(21)22)16(23)19-7-8-20-17(24)13-5-3-4-6-14(13)18/h3-6,11-12H,7-10H2,1-2H3,(H,19,23)(H,20,24)/t12-/m0/s1. The third-order valence-corrected chi connectivity index (χ3v) is 3.98. The van der Waals surface area contributed by atoms with E-state index in [2.05, 4.69) is 10.6 Å². The van der Waals surface area contributed by atoms with Crippen molar-refractivity contribution in [2.24, 2.45) is 5.92 Å². The van der Waals surface area contributed by atoms with Gasteiger partial charge in [0.25, 0.3) is 5.91 Å². The summed E-state index contributed by atoms with van der Waals surface area (Å²) in [6.07, 6.45) is 0.214. The quantitative estimate of drug-likeness (QED) is 0.759. The lowest BCUT2D eigenvalue weighted by atomic mass is 10.1. The van der Waals surface area contributed by atoms with Crippen LogP contribution in [0.15, 0.2) is 24.3 Å². The molecule has 3 amide bonds. The molecule has 1 aromatic carbocycles. The van der Waals surface area contributed by atoms with E-state index in [1.807, 2.05) is 13.8 Å². The van der Waals surface area contributed by atoms with Crippen molar-refractivity contribution in [2.45, 2.75) is 26.3 Å². The van der Waals surface area contributed by atoms with Gasteiger partial charge < -0.3 is 15.5 Å². The number of halogens is 1. The maximum Gasteiger partial charge on any atom is 0.254 e. The molecular weight excluding hydrogens is 313 g/mol. The molecule has 1 aliphatic rings. The maximum atomic E-state index is 13.5. The van der Waals surface area contributed by atoms with Gasteiger partial charge in [0.15, 0.2) is 0 Å². The van der Waals surface area contributed by atoms with E-state index in [0.717, 1.165) is 0 Å². The van der Waals surface area contributed by atoms with Crippen LogP contribution >= 0.6 is 0 Å². The van der Waals surface area contributed by atoms with Crippen LogP contribution in [-0.4, -0.2) is 48.3 Å². The summed E-state index contributed by atoms with van der Waals surface area (Å²) < 4.78 is 13.5. The molecule has 24 heavy (non-hydrogen) atoms. The summed E-state index contributed by atoms with van der Waals surface area (Å²) in [5, 5.41) is 5.25. The van der Waals surface area contributed by atoms with Crippen molar-refractivity contribution in [3.63, 3.8) is 0 Å². The molecule has 0 bridgehead atoms. The molecule has 0 aliphatic carbocycles. The molecule has 7 heteroatoms. The Morgan fingerprint density at radius 1 is 1.25 bits per heavy atom. The van der Waals surface area contributed by atoms with E-state index in [1.54, 1.807) is 11.0 Å². The van der Waals surface area contributed by atoms with Gasteiger partial charge in [0.05, 0.1) is 11.5 Å². The monoisotopic (exact) mass is 335 g/mol. The van der Waals surface area contributed by atoms with Crippen LogP contribution in [0.3, 0.4) is 0 Å². The molecule has 0 spiro atoms. The molecule has 1 aromatic rings. The summed E-state index contributed by atoms with van der Waals surface area (Å²) in [5.41, 5.74) is -0.0298. The summed E-state index contributed by atoms with van der Waals surface area (Å²) in [7, 11) is 0. The zero-order chi connectivity index (χ0) is 17.7. The van der Waals surface area contributed by atoms with Crippen LogP contribution in [0, 0.1) is 11.7 Å². The fourth-order valence-corrected chi connectivity index (χ4v) is 2.65. The molecule has 1 heterocycles. The number of carbonyl (C=O) groups excluding carboxylic acids is 3. The van der Waals surface area contributed by atoms with Gasteiger partial charge in [-0.05, 0) is 26.0 Å². The summed E-state index contributed by atoms with van der Waals surface area (Å²) in [5.74, 6) is -1.69. The topological polar surface area (TPSA) is 78.5 Å². The lowest BCUT2D eigenvalue weighted by Crippen LogP contribution is -2.39. The van der Waals surface area contributed by atoms with Gasteiger partial charge in [-0.15, -0.1) is 0 Å². The molecule has 1 atom stereocenters. The Labute approximate surface area is 140 Å². The molecular formula is C17H22FN3O3. The molecule has 0 unspecified atom stereocenters. The predicted molar refractivity (Wildman–Crippen MR) is 86.7 cm³/mol. The smallest absolute Gasteiger partial charge is 0.254 e. The van der Waals surface area contributed by atoms with Crippen LogP contribution in [0.25, 0.3) is 0 Å². The summed E-state index contributed by atoms with van der Waals surface area (Å²) in [6.45, 7) is 4.66. The normalized spacial score (nSPS) is 17.2. The lowest BCUT2D eigenvalue weighted by molar-refractivity contribution is -0.129. The Kier molecular flexibility index (Phi) is 5.89. The average molecular weight is 335 g/mol. The van der Waals surface area contributed by atoms with Crippen LogP contribution < -0.4 is 10.6 Å². The van der Waals surface area contributed by atoms with Gasteiger partial charge in [-0.3, -0.25) is 14.4 Å². The SMILES string of the molecule is CC(C)N1C[C@@H](C(=O)NCCNC(=O)c2ccccc2F)CC1=O. The van der Waals surface area contributed by atoms with E-state index < -0.39 is 11.7 Å². The molecule has 130 valence electrons. The number of hydrogen-bond acceptors (Lipinski definition) is 3. The van der Waals surface area contributed by atoms with Gasteiger partial charge in [0.2, 0.25) is 11.8 Å². The van der Waals surface area contributed by atoms with Crippen LogP contribution in [-0.2, 0) is 9.59 Å². The molecule has 0 aromatic heterocycles. The fraction of sp³-hybridized carbons (Fsp3) is 0.471. The number of hydrogen-bond donors (Lipinski definition) is 2. The minimum absolute atomic E-state index is 0.0157. The zero-order valence-electron chi connectivity index (χ0n) is 13.8. The lowest BCUT2D eigenvalue weighted by Gasteiger charge is -2.20. The highest BCUT2D eigenvalue weighted by molar-refractivity contribution is 5.94. The largest absolute Gasteiger partial charge is 0.354 e. The first-order valence-electron chi connectivity index (χ1n) is 8.00. The Morgan fingerprint density at radius 3 is 2.54 bits per heavy atom. The van der Waals surface area contributed by atoms with Gasteiger partial charge >= 0.3 is 0 Å². The second-order valence-corrected chi connectivity index (χ2v) is 6.07. The van der Waals surface area contributed by atoms with Crippen molar-refractivity contribution >= 4 is 17.7 Å². The number of nitrogens with one attached hydrogen (secondary N) is 2. The first-order valence-corrected chi connectivity index (χ1v) is 8.00. The van der Waals surface area contributed by atoms with Gasteiger partial charge in [0.1, 0.15) is 5.82 Å². The Morgan fingerprint density at radius 2 is 1.92 bits per heavy atom. The van der Waals surface area contributed by atoms with E-state index in [4.69, 9.17) is 0 Å². The van der Waals surface area contributed by atoms with Gasteiger partial charge in [-0.2, -0.15) is 0 Å². The van der Waals surface area contributed by atoms with E-state index >= 15 is 0 Å². The van der Waals surface area contributed by atoms with Crippen LogP contribution in [0.1, 0.15) is 30.6 Å². The van der Waals surface area contributed by atoms with Gasteiger partial charge in [-0.25, -0.2) is 4.39 Å². The summed E-state index contributed by atoms with van der Waals surface area (Å²) >= 11 is 0. The van der Waals surface area contributed by atoms with Crippen LogP contribution in [0.2, 0.25) is 0 Å². The van der Waals surface area contributed by atoms with E-state index in [9.17, 15) is 18.8 Å². The molecule has 6 nitrogen and oxygen atoms in total. The fourth-order valence-electron chi connectivity index (χ4n) is 2.65. The van der Waals surface area contributed by atoms with Crippen LogP contribution in [0.5, 0.6) is 0 Å². The molecule has 2 rings (SSSR count). The van der Waals surface area contributed by atoms with E-state index in [0.29, 0.717) is 6.54 Å². The van der Waals surface area contributed by atoms with Gasteiger partial charge in [0, 0.05) is 32.1 Å². The predicted octanol–water partition coefficient (Wildman–Crippen LogP) is 0.929. The molecule has 0 saturated carbocycles. The first kappa shape index (κ1) is 17.9. The van der Waals surface area contributed by atoms with E-state index in [1.165, 1.54) is 18.2 Å². The molecule has 1 fully saturated rings. The second kappa shape index (κ2) is 7.90. The van der Waals surface area contributed by atoms with E-state index in [-0.39, 0.29) is 48.8 Å². The highest BCUT2D eigenvalue weighted by Crippen LogP contribution is 2.19. The van der Waals surface area contributed by atoms with Crippen molar-refractivity contribution in [2.75, 3.05) is 19.6 Å². The van der Waals surface area contributed by atoms with Crippen LogP contribution in [0.4, 0.5) is 4.39 Å². The molecule has 1 saturated heterocycles. The number of rotatable bonds is 6. The Bertz CT molecular complexity index is 633. The van der Waals surface area contributed by atoms with Crippen molar-refractivity contribution in [1.29, 1.82) is 0 Å². The zero-order valence-corrected chi connectivity index (χ0v) is 13.8. The molecule has 2 N–H and O–H groups in total. The second-order valence-electron chi connectivity index (χ2n) is 6.07. The molecule has 0 radical (unpaired) electrons. The average Bonchev–Trinajstić information content (AvgIpc) is 2.94. The number of carbonyl (C=O) groups is 3. The summed E-state index contributed by atoms with van der Waals surface area (Å²) in [4.78, 5) is 37.4. The van der Waals surface area contributed by atoms with Crippen molar-refractivity contribution < 1.29 is 18.8 Å². The first-order chi connectivity index (χ1) is 11.4. The Balaban J connectivity index is 1.73. The third kappa shape index (κ3) is 4.31. The number of amides is 3. The maximum absolute atomic E-state index is 13.5. The number of nitrogens with zero attached hydrogens (tertiary/aromatic N) is 1. The highest BCUT2D eigenvalue weighted by Gasteiger charge is 2.35. The minimum atomic E-state index is -0.586. The number of benzene rings is 1. The third-order valence-electron chi connectivity index (χ3n) is 3.98. The Hall–Kier alpha value is -2.44. The van der Waals surface area contributed by atoms with Crippen molar-refractivity contribution in [3.8, 4) is 0 Å².